The third-order valence-electron chi connectivity index (χ3n) is 4.27. The Morgan fingerprint density at radius 3 is 2.62 bits per heavy atom. The number of allylic oxidation sites excluding steroid dienone is 1. The fourth-order valence-corrected chi connectivity index (χ4v) is 2.85. The molecule has 1 heterocycles. The number of ketones is 1. The van der Waals surface area contributed by atoms with E-state index in [1.165, 1.54) is 14.2 Å². The maximum atomic E-state index is 12.6. The monoisotopic (exact) mass is 398 g/mol. The Hall–Kier alpha value is -3.48. The fraction of sp³-hybridized carbons (Fsp3) is 0.273. The molecule has 3 rings (SSSR count). The van der Waals surface area contributed by atoms with Gasteiger partial charge in [0.25, 0.3) is 0 Å². The van der Waals surface area contributed by atoms with Crippen LogP contribution in [-0.2, 0) is 9.53 Å². The summed E-state index contributed by atoms with van der Waals surface area (Å²) in [4.78, 5) is 24.2. The molecule has 1 aliphatic rings. The molecule has 2 aromatic carbocycles. The van der Waals surface area contributed by atoms with Gasteiger partial charge in [-0.1, -0.05) is 6.07 Å². The van der Waals surface area contributed by atoms with Crippen LogP contribution in [0.15, 0.2) is 42.2 Å². The summed E-state index contributed by atoms with van der Waals surface area (Å²) in [5, 5.41) is 0. The molecule has 1 aliphatic heterocycles. The van der Waals surface area contributed by atoms with Gasteiger partial charge in [0.1, 0.15) is 11.5 Å². The molecule has 0 spiro atoms. The smallest absolute Gasteiger partial charge is 0.346 e. The highest BCUT2D eigenvalue weighted by Gasteiger charge is 2.28. The topological polar surface area (TPSA) is 80.3 Å². The maximum absolute atomic E-state index is 12.6. The summed E-state index contributed by atoms with van der Waals surface area (Å²) in [6, 6.07) is 10.2. The molecule has 7 nitrogen and oxygen atoms in total. The number of hydrogen-bond donors (Lipinski definition) is 0. The predicted octanol–water partition coefficient (Wildman–Crippen LogP) is 3.65. The van der Waals surface area contributed by atoms with Crippen LogP contribution in [0.2, 0.25) is 0 Å². The summed E-state index contributed by atoms with van der Waals surface area (Å²) < 4.78 is 26.8. The number of rotatable bonds is 7. The van der Waals surface area contributed by atoms with Gasteiger partial charge in [-0.2, -0.15) is 0 Å². The average Bonchev–Trinajstić information content (AvgIpc) is 3.03. The molecule has 0 radical (unpaired) electrons. The summed E-state index contributed by atoms with van der Waals surface area (Å²) in [6.07, 6.45) is 0.838. The molecular formula is C22H22O7. The normalized spacial score (nSPS) is 14.8. The van der Waals surface area contributed by atoms with E-state index in [9.17, 15) is 9.59 Å². The number of hydrogen-bond acceptors (Lipinski definition) is 7. The summed E-state index contributed by atoms with van der Waals surface area (Å²) in [7, 11) is 2.78. The van der Waals surface area contributed by atoms with Crippen LogP contribution in [-0.4, -0.2) is 38.7 Å². The molecule has 0 aromatic heterocycles. The SMILES string of the molecule is CCOc1ccc2c(c1)O/C(=C\c1ccc(O[C@H](C)C(=O)OC)c(OC)c1)C2=O. The summed E-state index contributed by atoms with van der Waals surface area (Å²) >= 11 is 0. The first-order chi connectivity index (χ1) is 14.0. The molecule has 0 saturated carbocycles. The Balaban J connectivity index is 1.83. The van der Waals surface area contributed by atoms with Crippen LogP contribution in [0.4, 0.5) is 0 Å². The molecule has 0 fully saturated rings. The first-order valence-electron chi connectivity index (χ1n) is 9.10. The van der Waals surface area contributed by atoms with Crippen molar-refractivity contribution in [1.29, 1.82) is 0 Å². The second kappa shape index (κ2) is 8.68. The molecule has 0 bridgehead atoms. The first-order valence-corrected chi connectivity index (χ1v) is 9.10. The van der Waals surface area contributed by atoms with Crippen LogP contribution < -0.4 is 18.9 Å². The van der Waals surface area contributed by atoms with Gasteiger partial charge >= 0.3 is 5.97 Å². The van der Waals surface area contributed by atoms with E-state index >= 15 is 0 Å². The third kappa shape index (κ3) is 4.34. The molecule has 1 atom stereocenters. The third-order valence-corrected chi connectivity index (χ3v) is 4.27. The number of methoxy groups -OCH3 is 2. The highest BCUT2D eigenvalue weighted by atomic mass is 16.6. The Labute approximate surface area is 168 Å². The summed E-state index contributed by atoms with van der Waals surface area (Å²) in [5.74, 6) is 1.41. The minimum atomic E-state index is -0.785. The first kappa shape index (κ1) is 20.3. The molecule has 0 unspecified atom stereocenters. The summed E-state index contributed by atoms with van der Waals surface area (Å²) in [5.41, 5.74) is 1.17. The van der Waals surface area contributed by atoms with E-state index in [4.69, 9.17) is 18.9 Å². The van der Waals surface area contributed by atoms with Crippen molar-refractivity contribution >= 4 is 17.8 Å². The highest BCUT2D eigenvalue weighted by molar-refractivity contribution is 6.14. The van der Waals surface area contributed by atoms with Crippen molar-refractivity contribution in [2.45, 2.75) is 20.0 Å². The van der Waals surface area contributed by atoms with Crippen LogP contribution in [0.1, 0.15) is 29.8 Å². The molecule has 152 valence electrons. The molecule has 2 aromatic rings. The molecular weight excluding hydrogens is 376 g/mol. The van der Waals surface area contributed by atoms with Crippen molar-refractivity contribution in [2.75, 3.05) is 20.8 Å². The lowest BCUT2D eigenvalue weighted by Crippen LogP contribution is -2.25. The number of esters is 1. The molecule has 0 N–H and O–H groups in total. The zero-order chi connectivity index (χ0) is 21.0. The zero-order valence-electron chi connectivity index (χ0n) is 16.7. The van der Waals surface area contributed by atoms with Crippen molar-refractivity contribution in [3.05, 3.63) is 53.3 Å². The largest absolute Gasteiger partial charge is 0.494 e. The maximum Gasteiger partial charge on any atom is 0.346 e. The van der Waals surface area contributed by atoms with E-state index in [1.54, 1.807) is 49.4 Å². The van der Waals surface area contributed by atoms with Gasteiger partial charge < -0.3 is 23.7 Å². The van der Waals surface area contributed by atoms with Crippen LogP contribution in [0.5, 0.6) is 23.0 Å². The van der Waals surface area contributed by atoms with Gasteiger partial charge in [-0.3, -0.25) is 4.79 Å². The molecule has 0 aliphatic carbocycles. The lowest BCUT2D eigenvalue weighted by molar-refractivity contribution is -0.147. The van der Waals surface area contributed by atoms with E-state index in [0.29, 0.717) is 40.7 Å². The van der Waals surface area contributed by atoms with Gasteiger partial charge in [-0.25, -0.2) is 4.79 Å². The van der Waals surface area contributed by atoms with Crippen LogP contribution in [0, 0.1) is 0 Å². The lowest BCUT2D eigenvalue weighted by atomic mass is 10.1. The second-order valence-electron chi connectivity index (χ2n) is 6.22. The standard InChI is InChI=1S/C22H22O7/c1-5-27-15-7-8-16-18(12-15)29-20(21(16)23)11-14-6-9-17(19(10-14)25-3)28-13(2)22(24)26-4/h6-13H,5H2,1-4H3/b20-11-/t13-/m1/s1. The Morgan fingerprint density at radius 1 is 1.14 bits per heavy atom. The summed E-state index contributed by atoms with van der Waals surface area (Å²) in [6.45, 7) is 4.00. The van der Waals surface area contributed by atoms with Crippen LogP contribution >= 0.6 is 0 Å². The minimum Gasteiger partial charge on any atom is -0.494 e. The van der Waals surface area contributed by atoms with Gasteiger partial charge in [0.15, 0.2) is 23.4 Å². The lowest BCUT2D eigenvalue weighted by Gasteiger charge is -2.15. The predicted molar refractivity (Wildman–Crippen MR) is 106 cm³/mol. The number of ether oxygens (including phenoxy) is 5. The highest BCUT2D eigenvalue weighted by Crippen LogP contribution is 2.36. The minimum absolute atomic E-state index is 0.201. The van der Waals surface area contributed by atoms with Crippen LogP contribution in [0.25, 0.3) is 6.08 Å². The van der Waals surface area contributed by atoms with Crippen molar-refractivity contribution in [3.8, 4) is 23.0 Å². The van der Waals surface area contributed by atoms with E-state index < -0.39 is 12.1 Å². The van der Waals surface area contributed by atoms with E-state index in [2.05, 4.69) is 4.74 Å². The van der Waals surface area contributed by atoms with Gasteiger partial charge in [0, 0.05) is 6.07 Å². The molecule has 7 heteroatoms. The van der Waals surface area contributed by atoms with Gasteiger partial charge in [0.2, 0.25) is 5.78 Å². The number of benzene rings is 2. The number of carbonyl (C=O) groups is 2. The van der Waals surface area contributed by atoms with Gasteiger partial charge in [0.05, 0.1) is 26.4 Å². The van der Waals surface area contributed by atoms with E-state index in [1.807, 2.05) is 6.92 Å². The van der Waals surface area contributed by atoms with Crippen molar-refractivity contribution in [1.82, 2.24) is 0 Å². The molecule has 0 amide bonds. The number of carbonyl (C=O) groups excluding carboxylic acids is 2. The number of Topliss-reactive ketones (excluding diaryl/α,β-unsaturated/α-hetero) is 1. The van der Waals surface area contributed by atoms with Gasteiger partial charge in [-0.15, -0.1) is 0 Å². The van der Waals surface area contributed by atoms with Crippen molar-refractivity contribution in [2.24, 2.45) is 0 Å². The zero-order valence-corrected chi connectivity index (χ0v) is 16.7. The fourth-order valence-electron chi connectivity index (χ4n) is 2.85. The van der Waals surface area contributed by atoms with E-state index in [0.717, 1.165) is 0 Å². The molecule has 0 saturated heterocycles. The van der Waals surface area contributed by atoms with E-state index in [-0.39, 0.29) is 11.5 Å². The van der Waals surface area contributed by atoms with Crippen LogP contribution in [0.3, 0.4) is 0 Å². The van der Waals surface area contributed by atoms with Gasteiger partial charge in [-0.05, 0) is 49.8 Å². The Kier molecular flexibility index (Phi) is 6.07. The van der Waals surface area contributed by atoms with Crippen molar-refractivity contribution < 1.29 is 33.3 Å². The molecule has 29 heavy (non-hydrogen) atoms. The Bertz CT molecular complexity index is 962. The number of fused-ring (bicyclic) bond motifs is 1. The van der Waals surface area contributed by atoms with Crippen molar-refractivity contribution in [3.63, 3.8) is 0 Å². The average molecular weight is 398 g/mol. The Morgan fingerprint density at radius 2 is 1.93 bits per heavy atom. The second-order valence-corrected chi connectivity index (χ2v) is 6.22. The quantitative estimate of drug-likeness (QED) is 0.520.